The van der Waals surface area contributed by atoms with Crippen molar-refractivity contribution in [2.24, 2.45) is 0 Å². The Labute approximate surface area is 120 Å². The average molecular weight is 292 g/mol. The van der Waals surface area contributed by atoms with Crippen LogP contribution in [-0.4, -0.2) is 35.2 Å². The minimum atomic E-state index is -0.104. The number of thiazole rings is 1. The summed E-state index contributed by atoms with van der Waals surface area (Å²) < 4.78 is 5.03. The Kier molecular flexibility index (Phi) is 3.43. The van der Waals surface area contributed by atoms with E-state index in [1.165, 1.54) is 0 Å². The fraction of sp³-hybridized carbons (Fsp3) is 0.462. The zero-order valence-corrected chi connectivity index (χ0v) is 12.2. The third-order valence-electron chi connectivity index (χ3n) is 3.47. The Morgan fingerprint density at radius 2 is 2.40 bits per heavy atom. The summed E-state index contributed by atoms with van der Waals surface area (Å²) in [5.41, 5.74) is 1.19. The predicted molar refractivity (Wildman–Crippen MR) is 76.2 cm³/mol. The summed E-state index contributed by atoms with van der Waals surface area (Å²) in [6.07, 6.45) is 2.73. The number of aromatic nitrogens is 2. The number of anilines is 1. The van der Waals surface area contributed by atoms with E-state index < -0.39 is 0 Å². The highest BCUT2D eigenvalue weighted by Gasteiger charge is 2.27. The summed E-state index contributed by atoms with van der Waals surface area (Å²) in [5, 5.41) is 9.84. The molecule has 1 N–H and O–H groups in total. The highest BCUT2D eigenvalue weighted by atomic mass is 32.1. The van der Waals surface area contributed by atoms with Gasteiger partial charge in [0.2, 0.25) is 0 Å². The van der Waals surface area contributed by atoms with Gasteiger partial charge in [-0.15, -0.1) is 11.3 Å². The van der Waals surface area contributed by atoms with Gasteiger partial charge in [0.25, 0.3) is 5.91 Å². The third-order valence-corrected chi connectivity index (χ3v) is 4.31. The second-order valence-corrected chi connectivity index (χ2v) is 5.79. The average Bonchev–Trinajstić information content (AvgIpc) is 3.10. The van der Waals surface area contributed by atoms with E-state index in [-0.39, 0.29) is 11.9 Å². The molecule has 0 bridgehead atoms. The van der Waals surface area contributed by atoms with Crippen LogP contribution in [0.1, 0.15) is 28.2 Å². The van der Waals surface area contributed by atoms with Crippen LogP contribution < -0.4 is 10.2 Å². The molecule has 3 rings (SSSR count). The molecule has 1 atom stereocenters. The van der Waals surface area contributed by atoms with Gasteiger partial charge in [0.05, 0.1) is 5.69 Å². The first-order chi connectivity index (χ1) is 9.65. The van der Waals surface area contributed by atoms with Gasteiger partial charge < -0.3 is 14.7 Å². The van der Waals surface area contributed by atoms with Crippen LogP contribution in [0.15, 0.2) is 16.1 Å². The Balaban J connectivity index is 1.64. The maximum Gasteiger partial charge on any atom is 0.257 e. The molecule has 0 saturated carbocycles. The van der Waals surface area contributed by atoms with E-state index in [1.54, 1.807) is 31.4 Å². The Hall–Kier alpha value is -1.89. The number of nitrogens with zero attached hydrogens (tertiary/aromatic N) is 3. The first kappa shape index (κ1) is 13.1. The van der Waals surface area contributed by atoms with E-state index in [0.717, 1.165) is 24.6 Å². The van der Waals surface area contributed by atoms with E-state index in [2.05, 4.69) is 20.4 Å². The molecule has 106 valence electrons. The van der Waals surface area contributed by atoms with Crippen LogP contribution in [0, 0.1) is 13.8 Å². The molecular formula is C13H16N4O2S. The van der Waals surface area contributed by atoms with Crippen LogP contribution in [0.25, 0.3) is 0 Å². The van der Waals surface area contributed by atoms with Gasteiger partial charge in [-0.2, -0.15) is 0 Å². The quantitative estimate of drug-likeness (QED) is 0.933. The van der Waals surface area contributed by atoms with Gasteiger partial charge in [0.1, 0.15) is 11.3 Å². The Morgan fingerprint density at radius 3 is 3.05 bits per heavy atom. The van der Waals surface area contributed by atoms with Crippen LogP contribution in [-0.2, 0) is 0 Å². The standard InChI is InChI=1S/C13H16N4O2S/c1-8-11(9(2)19-16-8)12(18)15-10-3-5-17(7-10)13-14-4-6-20-13/h4,6,10H,3,5,7H2,1-2H3,(H,15,18)/t10-/m1/s1. The summed E-state index contributed by atoms with van der Waals surface area (Å²) in [7, 11) is 0. The van der Waals surface area contributed by atoms with E-state index >= 15 is 0 Å². The first-order valence-electron chi connectivity index (χ1n) is 6.53. The fourth-order valence-corrected chi connectivity index (χ4v) is 3.17. The van der Waals surface area contributed by atoms with Crippen molar-refractivity contribution < 1.29 is 9.32 Å². The van der Waals surface area contributed by atoms with Gasteiger partial charge >= 0.3 is 0 Å². The molecule has 0 spiro atoms. The Morgan fingerprint density at radius 1 is 1.55 bits per heavy atom. The molecule has 7 heteroatoms. The number of rotatable bonds is 3. The fourth-order valence-electron chi connectivity index (χ4n) is 2.49. The van der Waals surface area contributed by atoms with Crippen molar-refractivity contribution in [2.45, 2.75) is 26.3 Å². The number of carbonyl (C=O) groups excluding carboxylic acids is 1. The minimum absolute atomic E-state index is 0.104. The van der Waals surface area contributed by atoms with Crippen molar-refractivity contribution in [3.63, 3.8) is 0 Å². The van der Waals surface area contributed by atoms with E-state index in [0.29, 0.717) is 17.0 Å². The zero-order valence-electron chi connectivity index (χ0n) is 11.4. The lowest BCUT2D eigenvalue weighted by molar-refractivity contribution is 0.0938. The lowest BCUT2D eigenvalue weighted by Crippen LogP contribution is -2.37. The molecule has 1 fully saturated rings. The smallest absolute Gasteiger partial charge is 0.257 e. The molecule has 0 unspecified atom stereocenters. The lowest BCUT2D eigenvalue weighted by Gasteiger charge is -2.15. The van der Waals surface area contributed by atoms with Crippen LogP contribution in [0.3, 0.4) is 0 Å². The van der Waals surface area contributed by atoms with E-state index in [1.807, 2.05) is 5.38 Å². The Bertz CT molecular complexity index is 588. The van der Waals surface area contributed by atoms with Gasteiger partial charge in [0.15, 0.2) is 5.13 Å². The molecule has 1 amide bonds. The first-order valence-corrected chi connectivity index (χ1v) is 7.41. The summed E-state index contributed by atoms with van der Waals surface area (Å²) in [6, 6.07) is 0.139. The number of hydrogen-bond donors (Lipinski definition) is 1. The van der Waals surface area contributed by atoms with E-state index in [9.17, 15) is 4.79 Å². The number of hydrogen-bond acceptors (Lipinski definition) is 6. The zero-order chi connectivity index (χ0) is 14.1. The van der Waals surface area contributed by atoms with E-state index in [4.69, 9.17) is 4.52 Å². The summed E-state index contributed by atoms with van der Waals surface area (Å²) in [4.78, 5) is 18.7. The van der Waals surface area contributed by atoms with Gasteiger partial charge in [-0.05, 0) is 20.3 Å². The second-order valence-electron chi connectivity index (χ2n) is 4.92. The van der Waals surface area contributed by atoms with Crippen molar-refractivity contribution in [2.75, 3.05) is 18.0 Å². The topological polar surface area (TPSA) is 71.3 Å². The van der Waals surface area contributed by atoms with Crippen molar-refractivity contribution >= 4 is 22.4 Å². The highest BCUT2D eigenvalue weighted by Crippen LogP contribution is 2.22. The largest absolute Gasteiger partial charge is 0.361 e. The molecule has 0 aliphatic carbocycles. The summed E-state index contributed by atoms with van der Waals surface area (Å²) in [5.74, 6) is 0.460. The van der Waals surface area contributed by atoms with Crippen molar-refractivity contribution in [1.29, 1.82) is 0 Å². The van der Waals surface area contributed by atoms with Crippen molar-refractivity contribution in [3.05, 3.63) is 28.6 Å². The molecular weight excluding hydrogens is 276 g/mol. The third kappa shape index (κ3) is 2.40. The monoisotopic (exact) mass is 292 g/mol. The molecule has 1 aliphatic rings. The van der Waals surface area contributed by atoms with Crippen LogP contribution in [0.2, 0.25) is 0 Å². The summed E-state index contributed by atoms with van der Waals surface area (Å²) >= 11 is 1.62. The van der Waals surface area contributed by atoms with Gasteiger partial charge in [-0.25, -0.2) is 4.98 Å². The maximum absolute atomic E-state index is 12.3. The molecule has 0 aromatic carbocycles. The van der Waals surface area contributed by atoms with Crippen LogP contribution in [0.5, 0.6) is 0 Å². The maximum atomic E-state index is 12.3. The number of nitrogens with one attached hydrogen (secondary N) is 1. The molecule has 20 heavy (non-hydrogen) atoms. The number of aryl methyl sites for hydroxylation is 2. The normalized spacial score (nSPS) is 18.5. The molecule has 1 saturated heterocycles. The van der Waals surface area contributed by atoms with Crippen LogP contribution in [0.4, 0.5) is 5.13 Å². The SMILES string of the molecule is Cc1noc(C)c1C(=O)N[C@@H]1CCN(c2nccs2)C1. The molecule has 6 nitrogen and oxygen atoms in total. The molecule has 3 heterocycles. The second kappa shape index (κ2) is 5.24. The lowest BCUT2D eigenvalue weighted by atomic mass is 10.1. The van der Waals surface area contributed by atoms with Crippen LogP contribution >= 0.6 is 11.3 Å². The molecule has 0 radical (unpaired) electrons. The number of carbonyl (C=O) groups is 1. The predicted octanol–water partition coefficient (Wildman–Crippen LogP) is 1.76. The van der Waals surface area contributed by atoms with Crippen molar-refractivity contribution in [3.8, 4) is 0 Å². The summed E-state index contributed by atoms with van der Waals surface area (Å²) in [6.45, 7) is 5.25. The highest BCUT2D eigenvalue weighted by molar-refractivity contribution is 7.13. The van der Waals surface area contributed by atoms with Crippen molar-refractivity contribution in [1.82, 2.24) is 15.5 Å². The van der Waals surface area contributed by atoms with Gasteiger partial charge in [0, 0.05) is 30.7 Å². The minimum Gasteiger partial charge on any atom is -0.361 e. The van der Waals surface area contributed by atoms with Gasteiger partial charge in [-0.1, -0.05) is 5.16 Å². The molecule has 2 aromatic rings. The van der Waals surface area contributed by atoms with Gasteiger partial charge in [-0.3, -0.25) is 4.79 Å². The molecule has 2 aromatic heterocycles. The molecule has 1 aliphatic heterocycles. The number of amides is 1.